The number of esters is 1. The first-order chi connectivity index (χ1) is 13.6. The van der Waals surface area contributed by atoms with Crippen molar-refractivity contribution in [2.24, 2.45) is 0 Å². The molecule has 2 rings (SSSR count). The topological polar surface area (TPSA) is 105 Å². The third-order valence-electron chi connectivity index (χ3n) is 4.50. The van der Waals surface area contributed by atoms with E-state index in [9.17, 15) is 19.5 Å². The molecule has 1 heterocycles. The average Bonchev–Trinajstić information content (AvgIpc) is 2.66. The number of carbonyl (C=O) groups excluding carboxylic acids is 2. The lowest BCUT2D eigenvalue weighted by molar-refractivity contribution is -0.150. The minimum Gasteiger partial charge on any atom is -0.480 e. The second kappa shape index (κ2) is 10.2. The summed E-state index contributed by atoms with van der Waals surface area (Å²) in [7, 11) is 0. The van der Waals surface area contributed by atoms with Crippen LogP contribution < -0.4 is 5.32 Å². The first-order valence-electron chi connectivity index (χ1n) is 9.80. The van der Waals surface area contributed by atoms with Crippen LogP contribution in [0.2, 0.25) is 0 Å². The van der Waals surface area contributed by atoms with Crippen LogP contribution in [-0.4, -0.2) is 58.8 Å². The highest BCUT2D eigenvalue weighted by atomic mass is 16.6. The maximum atomic E-state index is 12.1. The molecule has 1 amide bonds. The smallest absolute Gasteiger partial charge is 0.410 e. The largest absolute Gasteiger partial charge is 0.480 e. The molecular formula is C21H30N2O6. The van der Waals surface area contributed by atoms with Crippen LogP contribution in [0, 0.1) is 0 Å². The molecule has 1 aliphatic rings. The maximum Gasteiger partial charge on any atom is 0.410 e. The number of aliphatic carboxylic acids is 1. The number of ether oxygens (including phenoxy) is 2. The molecule has 29 heavy (non-hydrogen) atoms. The van der Waals surface area contributed by atoms with Crippen LogP contribution in [0.5, 0.6) is 0 Å². The number of amides is 1. The molecule has 1 atom stereocenters. The first kappa shape index (κ1) is 22.7. The molecule has 1 saturated heterocycles. The summed E-state index contributed by atoms with van der Waals surface area (Å²) in [6.07, 6.45) is 0.550. The van der Waals surface area contributed by atoms with Gasteiger partial charge in [0.2, 0.25) is 0 Å². The van der Waals surface area contributed by atoms with Gasteiger partial charge in [0.1, 0.15) is 18.2 Å². The molecular weight excluding hydrogens is 376 g/mol. The average molecular weight is 406 g/mol. The quantitative estimate of drug-likeness (QED) is 0.671. The number of carboxylic acid groups (broad SMARTS) is 1. The van der Waals surface area contributed by atoms with Crippen LogP contribution in [0.25, 0.3) is 0 Å². The number of hydrogen-bond donors (Lipinski definition) is 2. The van der Waals surface area contributed by atoms with Crippen molar-refractivity contribution >= 4 is 18.0 Å². The van der Waals surface area contributed by atoms with Crippen molar-refractivity contribution in [3.05, 3.63) is 35.9 Å². The molecule has 160 valence electrons. The molecule has 8 nitrogen and oxygen atoms in total. The normalized spacial score (nSPS) is 16.2. The van der Waals surface area contributed by atoms with Crippen LogP contribution >= 0.6 is 0 Å². The Labute approximate surface area is 171 Å². The van der Waals surface area contributed by atoms with Crippen molar-refractivity contribution in [3.8, 4) is 0 Å². The molecule has 0 aliphatic carbocycles. The summed E-state index contributed by atoms with van der Waals surface area (Å²) in [4.78, 5) is 37.3. The number of rotatable bonds is 7. The van der Waals surface area contributed by atoms with Crippen molar-refractivity contribution in [3.63, 3.8) is 0 Å². The Bertz CT molecular complexity index is 693. The molecule has 0 saturated carbocycles. The summed E-state index contributed by atoms with van der Waals surface area (Å²) < 4.78 is 10.5. The molecule has 1 aromatic rings. The number of likely N-dealkylation sites (tertiary alicyclic amines) is 1. The van der Waals surface area contributed by atoms with Crippen LogP contribution in [0.1, 0.15) is 45.6 Å². The minimum atomic E-state index is -1.10. The predicted molar refractivity (Wildman–Crippen MR) is 106 cm³/mol. The second-order valence-corrected chi connectivity index (χ2v) is 8.15. The number of nitrogens with zero attached hydrogens (tertiary/aromatic N) is 1. The fourth-order valence-electron chi connectivity index (χ4n) is 3.02. The lowest BCUT2D eigenvalue weighted by atomic mass is 10.0. The lowest BCUT2D eigenvalue weighted by Gasteiger charge is -2.34. The van der Waals surface area contributed by atoms with Gasteiger partial charge < -0.3 is 24.8 Å². The van der Waals surface area contributed by atoms with Crippen molar-refractivity contribution in [2.45, 2.75) is 64.3 Å². The number of piperidine rings is 1. The molecule has 0 unspecified atom stereocenters. The van der Waals surface area contributed by atoms with Gasteiger partial charge in [-0.3, -0.25) is 9.59 Å². The molecule has 1 fully saturated rings. The van der Waals surface area contributed by atoms with E-state index < -0.39 is 23.6 Å². The van der Waals surface area contributed by atoms with Gasteiger partial charge in [0.05, 0.1) is 6.42 Å². The van der Waals surface area contributed by atoms with Crippen molar-refractivity contribution in [1.29, 1.82) is 0 Å². The van der Waals surface area contributed by atoms with E-state index in [4.69, 9.17) is 9.47 Å². The number of carbonyl (C=O) groups is 3. The van der Waals surface area contributed by atoms with Crippen molar-refractivity contribution < 1.29 is 29.0 Å². The fourth-order valence-corrected chi connectivity index (χ4v) is 3.02. The predicted octanol–water partition coefficient (Wildman–Crippen LogP) is 2.56. The van der Waals surface area contributed by atoms with Crippen LogP contribution in [0.4, 0.5) is 4.79 Å². The summed E-state index contributed by atoms with van der Waals surface area (Å²) in [6, 6.07) is 8.08. The summed E-state index contributed by atoms with van der Waals surface area (Å²) in [5, 5.41) is 12.5. The molecule has 0 radical (unpaired) electrons. The van der Waals surface area contributed by atoms with Gasteiger partial charge in [-0.1, -0.05) is 30.3 Å². The molecule has 0 bridgehead atoms. The lowest BCUT2D eigenvalue weighted by Crippen LogP contribution is -2.51. The van der Waals surface area contributed by atoms with E-state index in [0.717, 1.165) is 5.56 Å². The van der Waals surface area contributed by atoms with Gasteiger partial charge in [0.25, 0.3) is 0 Å². The van der Waals surface area contributed by atoms with E-state index in [1.54, 1.807) is 4.90 Å². The van der Waals surface area contributed by atoms with Crippen LogP contribution in [0.3, 0.4) is 0 Å². The standard InChI is InChI=1S/C21H30N2O6/c1-21(2,3)29-20(27)23-11-9-16(10-12-23)22-17(19(25)26)13-18(24)28-14-15-7-5-4-6-8-15/h4-8,16-17,22H,9-14H2,1-3H3,(H,25,26)/t17-/m0/s1. The number of hydrogen-bond acceptors (Lipinski definition) is 6. The molecule has 2 N–H and O–H groups in total. The van der Waals surface area contributed by atoms with E-state index in [1.165, 1.54) is 0 Å². The van der Waals surface area contributed by atoms with Gasteiger partial charge in [-0.15, -0.1) is 0 Å². The Kier molecular flexibility index (Phi) is 8.01. The van der Waals surface area contributed by atoms with Gasteiger partial charge >= 0.3 is 18.0 Å². The zero-order valence-electron chi connectivity index (χ0n) is 17.2. The third kappa shape index (κ3) is 8.11. The van der Waals surface area contributed by atoms with E-state index in [0.29, 0.717) is 25.9 Å². The zero-order chi connectivity index (χ0) is 21.4. The third-order valence-corrected chi connectivity index (χ3v) is 4.50. The second-order valence-electron chi connectivity index (χ2n) is 8.15. The molecule has 1 aliphatic heterocycles. The summed E-state index contributed by atoms with van der Waals surface area (Å²) in [5.41, 5.74) is 0.288. The highest BCUT2D eigenvalue weighted by Gasteiger charge is 2.30. The van der Waals surface area contributed by atoms with E-state index in [-0.39, 0.29) is 25.2 Å². The highest BCUT2D eigenvalue weighted by Crippen LogP contribution is 2.16. The van der Waals surface area contributed by atoms with Gasteiger partial charge in [0, 0.05) is 19.1 Å². The van der Waals surface area contributed by atoms with Crippen molar-refractivity contribution in [1.82, 2.24) is 10.2 Å². The minimum absolute atomic E-state index is 0.100. The summed E-state index contributed by atoms with van der Waals surface area (Å²) in [5.74, 6) is -1.67. The van der Waals surface area contributed by atoms with Crippen LogP contribution in [-0.2, 0) is 25.7 Å². The Morgan fingerprint density at radius 2 is 1.79 bits per heavy atom. The summed E-state index contributed by atoms with van der Waals surface area (Å²) in [6.45, 7) is 6.49. The number of carboxylic acids is 1. The fraction of sp³-hybridized carbons (Fsp3) is 0.571. The Morgan fingerprint density at radius 1 is 1.17 bits per heavy atom. The van der Waals surface area contributed by atoms with E-state index in [2.05, 4.69) is 5.32 Å². The van der Waals surface area contributed by atoms with Crippen molar-refractivity contribution in [2.75, 3.05) is 13.1 Å². The first-order valence-corrected chi connectivity index (χ1v) is 9.80. The van der Waals surface area contributed by atoms with E-state index >= 15 is 0 Å². The Balaban J connectivity index is 1.78. The molecule has 8 heteroatoms. The van der Waals surface area contributed by atoms with Gasteiger partial charge in [-0.25, -0.2) is 4.79 Å². The Morgan fingerprint density at radius 3 is 2.34 bits per heavy atom. The summed E-state index contributed by atoms with van der Waals surface area (Å²) >= 11 is 0. The maximum absolute atomic E-state index is 12.1. The van der Waals surface area contributed by atoms with Crippen LogP contribution in [0.15, 0.2) is 30.3 Å². The number of nitrogens with one attached hydrogen (secondary N) is 1. The van der Waals surface area contributed by atoms with Gasteiger partial charge in [0.15, 0.2) is 0 Å². The van der Waals surface area contributed by atoms with Gasteiger partial charge in [-0.05, 0) is 39.2 Å². The molecule has 1 aromatic carbocycles. The monoisotopic (exact) mass is 406 g/mol. The molecule has 0 spiro atoms. The molecule has 0 aromatic heterocycles. The Hall–Kier alpha value is -2.61. The van der Waals surface area contributed by atoms with E-state index in [1.807, 2.05) is 51.1 Å². The zero-order valence-corrected chi connectivity index (χ0v) is 17.2. The number of benzene rings is 1. The SMILES string of the molecule is CC(C)(C)OC(=O)N1CCC(N[C@@H](CC(=O)OCc2ccccc2)C(=O)O)CC1. The van der Waals surface area contributed by atoms with Gasteiger partial charge in [-0.2, -0.15) is 0 Å². The highest BCUT2D eigenvalue weighted by molar-refractivity contribution is 5.81.